The van der Waals surface area contributed by atoms with Gasteiger partial charge in [-0.3, -0.25) is 14.5 Å². The summed E-state index contributed by atoms with van der Waals surface area (Å²) in [5.74, 6) is 0.169. The highest BCUT2D eigenvalue weighted by Crippen LogP contribution is 2.42. The molecule has 6 nitrogen and oxygen atoms in total. The summed E-state index contributed by atoms with van der Waals surface area (Å²) >= 11 is 0. The van der Waals surface area contributed by atoms with Crippen molar-refractivity contribution in [2.45, 2.75) is 69.2 Å². The van der Waals surface area contributed by atoms with Crippen LogP contribution in [0.1, 0.15) is 50.5 Å². The minimum absolute atomic E-state index is 0.0954. The Balaban J connectivity index is 1.45. The molecule has 0 aromatic carbocycles. The van der Waals surface area contributed by atoms with Gasteiger partial charge in [-0.05, 0) is 55.4 Å². The van der Waals surface area contributed by atoms with Gasteiger partial charge in [-0.1, -0.05) is 6.08 Å². The predicted octanol–water partition coefficient (Wildman–Crippen LogP) is 4.18. The van der Waals surface area contributed by atoms with E-state index in [0.29, 0.717) is 17.9 Å². The zero-order chi connectivity index (χ0) is 21.8. The molecule has 1 aliphatic carbocycles. The summed E-state index contributed by atoms with van der Waals surface area (Å²) in [6.45, 7) is 0. The third-order valence-corrected chi connectivity index (χ3v) is 6.49. The summed E-state index contributed by atoms with van der Waals surface area (Å²) in [6, 6.07) is 3.76. The monoisotopic (exact) mass is 432 g/mol. The molecule has 4 heterocycles. The van der Waals surface area contributed by atoms with Crippen molar-refractivity contribution >= 4 is 34.7 Å². The normalized spacial score (nSPS) is 23.2. The Morgan fingerprint density at radius 3 is 2.77 bits per heavy atom. The van der Waals surface area contributed by atoms with Crippen LogP contribution < -0.4 is 4.90 Å². The van der Waals surface area contributed by atoms with Crippen LogP contribution in [-0.4, -0.2) is 51.5 Å². The smallest absolute Gasteiger partial charge is 0.346 e. The van der Waals surface area contributed by atoms with Gasteiger partial charge in [0.1, 0.15) is 11.5 Å². The number of carbonyl (C=O) groups is 2. The summed E-state index contributed by atoms with van der Waals surface area (Å²) < 4.78 is 37.7. The lowest BCUT2D eigenvalue weighted by molar-refractivity contribution is -0.150. The van der Waals surface area contributed by atoms with Crippen LogP contribution in [0.4, 0.5) is 19.0 Å². The van der Waals surface area contributed by atoms with Crippen molar-refractivity contribution < 1.29 is 22.8 Å². The molecule has 2 aliphatic heterocycles. The number of rotatable bonds is 6. The van der Waals surface area contributed by atoms with Crippen LogP contribution in [0.15, 0.2) is 24.4 Å². The summed E-state index contributed by atoms with van der Waals surface area (Å²) in [7, 11) is 0. The number of hydrogen-bond donors (Lipinski definition) is 1. The minimum atomic E-state index is -4.33. The number of carbonyl (C=O) groups excluding carboxylic acids is 2. The number of nitrogens with zero attached hydrogens (tertiary/aromatic N) is 3. The standard InChI is InChI=1S/C22H23F3N4O2/c23-22(24,25)7-5-20(31)29-15-3-4-16(29)10-13(9-15)18-11-19(28(12-30)14-1-2-14)27-21-17(18)6-8-26-21/h6,8-9,11-12,14-16H,1-5,7,10H2,(H,26,27). The molecular weight excluding hydrogens is 409 g/mol. The number of aromatic nitrogens is 2. The molecule has 164 valence electrons. The Labute approximate surface area is 177 Å². The summed E-state index contributed by atoms with van der Waals surface area (Å²) in [5, 5.41) is 0.938. The third-order valence-electron chi connectivity index (χ3n) is 6.49. The highest BCUT2D eigenvalue weighted by Gasteiger charge is 2.41. The fraction of sp³-hybridized carbons (Fsp3) is 0.500. The molecule has 2 unspecified atom stereocenters. The van der Waals surface area contributed by atoms with E-state index in [9.17, 15) is 22.8 Å². The first-order chi connectivity index (χ1) is 14.8. The molecule has 3 aliphatic rings. The Hall–Kier alpha value is -2.84. The van der Waals surface area contributed by atoms with E-state index in [1.165, 1.54) is 0 Å². The van der Waals surface area contributed by atoms with Gasteiger partial charge < -0.3 is 9.88 Å². The predicted molar refractivity (Wildman–Crippen MR) is 109 cm³/mol. The molecule has 2 aromatic heterocycles. The topological polar surface area (TPSA) is 69.3 Å². The maximum absolute atomic E-state index is 12.6. The number of H-pyrrole nitrogens is 1. The number of alkyl halides is 3. The van der Waals surface area contributed by atoms with Crippen LogP contribution in [-0.2, 0) is 9.59 Å². The van der Waals surface area contributed by atoms with Crippen molar-refractivity contribution in [3.63, 3.8) is 0 Å². The number of amides is 2. The highest BCUT2D eigenvalue weighted by molar-refractivity contribution is 5.94. The highest BCUT2D eigenvalue weighted by atomic mass is 19.4. The van der Waals surface area contributed by atoms with Gasteiger partial charge in [0.2, 0.25) is 12.3 Å². The van der Waals surface area contributed by atoms with Gasteiger partial charge >= 0.3 is 6.18 Å². The summed E-state index contributed by atoms with van der Waals surface area (Å²) in [6.07, 6.45) is 2.76. The van der Waals surface area contributed by atoms with Crippen molar-refractivity contribution in [1.29, 1.82) is 0 Å². The van der Waals surface area contributed by atoms with Gasteiger partial charge in [0.15, 0.2) is 0 Å². The molecule has 1 N–H and O–H groups in total. The molecule has 1 saturated heterocycles. The Morgan fingerprint density at radius 1 is 1.29 bits per heavy atom. The second kappa shape index (κ2) is 7.39. The molecule has 9 heteroatoms. The number of anilines is 1. The maximum atomic E-state index is 12.6. The first-order valence-electron chi connectivity index (χ1n) is 10.6. The molecule has 0 radical (unpaired) electrons. The van der Waals surface area contributed by atoms with Gasteiger partial charge in [-0.2, -0.15) is 13.2 Å². The van der Waals surface area contributed by atoms with E-state index < -0.39 is 24.9 Å². The maximum Gasteiger partial charge on any atom is 0.389 e. The molecule has 2 bridgehead atoms. The van der Waals surface area contributed by atoms with E-state index in [4.69, 9.17) is 0 Å². The van der Waals surface area contributed by atoms with Gasteiger partial charge in [-0.15, -0.1) is 0 Å². The molecule has 1 saturated carbocycles. The van der Waals surface area contributed by atoms with Crippen molar-refractivity contribution in [2.75, 3.05) is 4.90 Å². The number of nitrogens with one attached hydrogen (secondary N) is 1. The van der Waals surface area contributed by atoms with Gasteiger partial charge in [0.05, 0.1) is 12.5 Å². The van der Waals surface area contributed by atoms with E-state index in [2.05, 4.69) is 9.97 Å². The van der Waals surface area contributed by atoms with E-state index in [1.807, 2.05) is 18.2 Å². The van der Waals surface area contributed by atoms with Gasteiger partial charge in [0, 0.05) is 30.1 Å². The van der Waals surface area contributed by atoms with Crippen molar-refractivity contribution in [3.8, 4) is 0 Å². The zero-order valence-corrected chi connectivity index (χ0v) is 16.9. The average Bonchev–Trinajstić information content (AvgIpc) is 3.38. The zero-order valence-electron chi connectivity index (χ0n) is 16.9. The molecule has 2 atom stereocenters. The Morgan fingerprint density at radius 2 is 2.10 bits per heavy atom. The molecule has 0 spiro atoms. The van der Waals surface area contributed by atoms with Crippen molar-refractivity contribution in [2.24, 2.45) is 0 Å². The third kappa shape index (κ3) is 3.81. The first-order valence-corrected chi connectivity index (χ1v) is 10.6. The largest absolute Gasteiger partial charge is 0.389 e. The fourth-order valence-corrected chi connectivity index (χ4v) is 4.90. The quantitative estimate of drug-likeness (QED) is 0.697. The second-order valence-corrected chi connectivity index (χ2v) is 8.62. The fourth-order valence-electron chi connectivity index (χ4n) is 4.90. The number of fused-ring (bicyclic) bond motifs is 3. The SMILES string of the molecule is O=CN(c1cc(C2=CC3CCC(C2)N3C(=O)CCC(F)(F)F)c2cc[nH]c2n1)C1CC1. The molecule has 2 fully saturated rings. The van der Waals surface area contributed by atoms with Crippen LogP contribution in [0.5, 0.6) is 0 Å². The summed E-state index contributed by atoms with van der Waals surface area (Å²) in [4.78, 5) is 35.2. The molecular formula is C22H23F3N4O2. The van der Waals surface area contributed by atoms with E-state index in [0.717, 1.165) is 48.6 Å². The van der Waals surface area contributed by atoms with Crippen molar-refractivity contribution in [3.05, 3.63) is 30.0 Å². The van der Waals surface area contributed by atoms with Crippen LogP contribution in [0.3, 0.4) is 0 Å². The second-order valence-electron chi connectivity index (χ2n) is 8.62. The van der Waals surface area contributed by atoms with E-state index >= 15 is 0 Å². The number of halogens is 3. The molecule has 2 aromatic rings. The lowest BCUT2D eigenvalue weighted by Gasteiger charge is -2.34. The lowest BCUT2D eigenvalue weighted by Crippen LogP contribution is -2.43. The number of pyridine rings is 1. The lowest BCUT2D eigenvalue weighted by atomic mass is 9.93. The number of hydrogen-bond acceptors (Lipinski definition) is 3. The van der Waals surface area contributed by atoms with E-state index in [-0.39, 0.29) is 18.1 Å². The van der Waals surface area contributed by atoms with Gasteiger partial charge in [-0.25, -0.2) is 4.98 Å². The van der Waals surface area contributed by atoms with Crippen LogP contribution in [0.25, 0.3) is 16.6 Å². The summed E-state index contributed by atoms with van der Waals surface area (Å²) in [5.41, 5.74) is 2.72. The van der Waals surface area contributed by atoms with Crippen LogP contribution in [0.2, 0.25) is 0 Å². The Kier molecular flexibility index (Phi) is 4.79. The number of aromatic amines is 1. The van der Waals surface area contributed by atoms with E-state index in [1.54, 1.807) is 16.0 Å². The first kappa shape index (κ1) is 20.1. The molecule has 2 amide bonds. The van der Waals surface area contributed by atoms with Gasteiger partial charge in [0.25, 0.3) is 0 Å². The average molecular weight is 432 g/mol. The Bertz CT molecular complexity index is 1060. The van der Waals surface area contributed by atoms with Crippen LogP contribution >= 0.6 is 0 Å². The van der Waals surface area contributed by atoms with Crippen molar-refractivity contribution in [1.82, 2.24) is 14.9 Å². The molecule has 31 heavy (non-hydrogen) atoms. The minimum Gasteiger partial charge on any atom is -0.346 e. The molecule has 5 rings (SSSR count). The van der Waals surface area contributed by atoms with Crippen LogP contribution in [0, 0.1) is 0 Å².